The Morgan fingerprint density at radius 1 is 1.32 bits per heavy atom. The average molecular weight is 259 g/mol. The first-order valence-corrected chi connectivity index (χ1v) is 5.72. The van der Waals surface area contributed by atoms with E-state index in [9.17, 15) is 9.59 Å². The van der Waals surface area contributed by atoms with Gasteiger partial charge in [0, 0.05) is 6.07 Å². The molecule has 0 bridgehead atoms. The zero-order valence-electron chi connectivity index (χ0n) is 10.3. The van der Waals surface area contributed by atoms with E-state index >= 15 is 0 Å². The third-order valence-electron chi connectivity index (χ3n) is 2.75. The smallest absolute Gasteiger partial charge is 0.353 e. The molecule has 0 saturated heterocycles. The number of aromatic amines is 1. The Balaban J connectivity index is 2.06. The Morgan fingerprint density at radius 2 is 2.00 bits per heavy atom. The van der Waals surface area contributed by atoms with Crippen LogP contribution < -0.4 is 5.32 Å². The lowest BCUT2D eigenvalue weighted by molar-refractivity contribution is -0.117. The number of rotatable bonds is 4. The number of anilines is 1. The van der Waals surface area contributed by atoms with E-state index < -0.39 is 5.97 Å². The summed E-state index contributed by atoms with van der Waals surface area (Å²) in [6.07, 6.45) is 0. The number of hydrogen-bond acceptors (Lipinski definition) is 3. The Kier molecular flexibility index (Phi) is 3.61. The van der Waals surface area contributed by atoms with E-state index in [4.69, 9.17) is 5.11 Å². The molecule has 0 spiro atoms. The summed E-state index contributed by atoms with van der Waals surface area (Å²) < 4.78 is 0. The van der Waals surface area contributed by atoms with Crippen LogP contribution >= 0.6 is 0 Å². The van der Waals surface area contributed by atoms with Gasteiger partial charge in [-0.2, -0.15) is 5.10 Å². The summed E-state index contributed by atoms with van der Waals surface area (Å²) in [5.41, 5.74) is 0.816. The van der Waals surface area contributed by atoms with E-state index in [-0.39, 0.29) is 23.3 Å². The molecular formula is C13H13N3O3. The van der Waals surface area contributed by atoms with Crippen LogP contribution in [0.25, 0.3) is 0 Å². The molecule has 0 aliphatic heterocycles. The number of aromatic nitrogens is 2. The van der Waals surface area contributed by atoms with Crippen LogP contribution in [0.3, 0.4) is 0 Å². The fraction of sp³-hybridized carbons (Fsp3) is 0.154. The quantitative estimate of drug-likeness (QED) is 0.780. The van der Waals surface area contributed by atoms with Crippen LogP contribution in [0.15, 0.2) is 36.4 Å². The van der Waals surface area contributed by atoms with Crippen LogP contribution in [0.4, 0.5) is 5.82 Å². The first kappa shape index (κ1) is 12.8. The van der Waals surface area contributed by atoms with Crippen molar-refractivity contribution in [3.63, 3.8) is 0 Å². The number of hydrogen-bond donors (Lipinski definition) is 3. The molecule has 2 aromatic rings. The van der Waals surface area contributed by atoms with E-state index in [0.29, 0.717) is 0 Å². The van der Waals surface area contributed by atoms with Gasteiger partial charge in [-0.15, -0.1) is 0 Å². The van der Waals surface area contributed by atoms with Crippen molar-refractivity contribution in [3.8, 4) is 0 Å². The molecule has 6 nitrogen and oxygen atoms in total. The number of nitrogens with zero attached hydrogens (tertiary/aromatic N) is 1. The van der Waals surface area contributed by atoms with Crippen molar-refractivity contribution in [2.45, 2.75) is 12.8 Å². The van der Waals surface area contributed by atoms with Crippen LogP contribution in [-0.2, 0) is 4.79 Å². The summed E-state index contributed by atoms with van der Waals surface area (Å²) >= 11 is 0. The molecule has 0 aliphatic carbocycles. The zero-order chi connectivity index (χ0) is 13.8. The van der Waals surface area contributed by atoms with Gasteiger partial charge in [-0.1, -0.05) is 30.3 Å². The minimum Gasteiger partial charge on any atom is -0.477 e. The lowest BCUT2D eigenvalue weighted by Gasteiger charge is -2.10. The van der Waals surface area contributed by atoms with Crippen LogP contribution in [0.2, 0.25) is 0 Å². The summed E-state index contributed by atoms with van der Waals surface area (Å²) in [7, 11) is 0. The maximum atomic E-state index is 12.0. The van der Waals surface area contributed by atoms with Gasteiger partial charge < -0.3 is 10.4 Å². The number of benzene rings is 1. The van der Waals surface area contributed by atoms with Gasteiger partial charge in [0.2, 0.25) is 5.91 Å². The predicted molar refractivity (Wildman–Crippen MR) is 69.0 cm³/mol. The maximum Gasteiger partial charge on any atom is 0.353 e. The summed E-state index contributed by atoms with van der Waals surface area (Å²) in [5, 5.41) is 17.3. The first-order chi connectivity index (χ1) is 9.08. The molecule has 6 heteroatoms. The number of carboxylic acids is 1. The molecule has 19 heavy (non-hydrogen) atoms. The van der Waals surface area contributed by atoms with Crippen LogP contribution in [0, 0.1) is 0 Å². The number of aromatic carboxylic acids is 1. The fourth-order valence-electron chi connectivity index (χ4n) is 1.62. The fourth-order valence-corrected chi connectivity index (χ4v) is 1.62. The standard InChI is InChI=1S/C13H13N3O3/c1-8(9-5-3-2-4-6-9)12(17)14-11-7-10(13(18)19)15-16-11/h2-8H,1H3,(H,18,19)(H2,14,15,16,17). The van der Waals surface area contributed by atoms with E-state index in [1.54, 1.807) is 6.92 Å². The maximum absolute atomic E-state index is 12.0. The second-order valence-electron chi connectivity index (χ2n) is 4.09. The summed E-state index contributed by atoms with van der Waals surface area (Å²) in [6, 6.07) is 10.6. The Morgan fingerprint density at radius 3 is 2.58 bits per heavy atom. The number of carbonyl (C=O) groups is 2. The SMILES string of the molecule is CC(C(=O)Nc1cc(C(=O)O)[nH]n1)c1ccccc1. The highest BCUT2D eigenvalue weighted by Gasteiger charge is 2.17. The number of nitrogens with one attached hydrogen (secondary N) is 2. The largest absolute Gasteiger partial charge is 0.477 e. The Hall–Kier alpha value is -2.63. The molecule has 3 N–H and O–H groups in total. The van der Waals surface area contributed by atoms with Crippen molar-refractivity contribution in [2.24, 2.45) is 0 Å². The van der Waals surface area contributed by atoms with Crippen LogP contribution in [-0.4, -0.2) is 27.2 Å². The summed E-state index contributed by atoms with van der Waals surface area (Å²) in [5.74, 6) is -1.50. The number of carbonyl (C=O) groups excluding carboxylic acids is 1. The van der Waals surface area contributed by atoms with Gasteiger partial charge in [0.1, 0.15) is 5.69 Å². The highest BCUT2D eigenvalue weighted by molar-refractivity contribution is 5.96. The van der Waals surface area contributed by atoms with E-state index in [2.05, 4.69) is 15.5 Å². The monoisotopic (exact) mass is 259 g/mol. The predicted octanol–water partition coefficient (Wildman–Crippen LogP) is 1.85. The number of carboxylic acid groups (broad SMARTS) is 1. The van der Waals surface area contributed by atoms with E-state index in [1.807, 2.05) is 30.3 Å². The third kappa shape index (κ3) is 2.98. The molecule has 1 atom stereocenters. The van der Waals surface area contributed by atoms with Crippen molar-refractivity contribution in [1.82, 2.24) is 10.2 Å². The number of H-pyrrole nitrogens is 1. The molecule has 2 rings (SSSR count). The lowest BCUT2D eigenvalue weighted by atomic mass is 10.0. The van der Waals surface area contributed by atoms with Gasteiger partial charge in [0.25, 0.3) is 0 Å². The topological polar surface area (TPSA) is 95.1 Å². The van der Waals surface area contributed by atoms with Crippen molar-refractivity contribution >= 4 is 17.7 Å². The molecule has 1 aromatic carbocycles. The van der Waals surface area contributed by atoms with E-state index in [0.717, 1.165) is 5.56 Å². The molecule has 1 amide bonds. The van der Waals surface area contributed by atoms with Crippen LogP contribution in [0.5, 0.6) is 0 Å². The molecule has 0 saturated carbocycles. The Labute approximate surface area is 109 Å². The molecule has 1 aromatic heterocycles. The van der Waals surface area contributed by atoms with Gasteiger partial charge in [0.15, 0.2) is 5.82 Å². The first-order valence-electron chi connectivity index (χ1n) is 5.72. The molecular weight excluding hydrogens is 246 g/mol. The second-order valence-corrected chi connectivity index (χ2v) is 4.09. The van der Waals surface area contributed by atoms with Gasteiger partial charge in [-0.3, -0.25) is 9.89 Å². The zero-order valence-corrected chi connectivity index (χ0v) is 10.3. The molecule has 1 heterocycles. The normalized spacial score (nSPS) is 11.8. The minimum atomic E-state index is -1.12. The third-order valence-corrected chi connectivity index (χ3v) is 2.75. The summed E-state index contributed by atoms with van der Waals surface area (Å²) in [6.45, 7) is 1.77. The molecule has 0 radical (unpaired) electrons. The van der Waals surface area contributed by atoms with Gasteiger partial charge >= 0.3 is 5.97 Å². The second kappa shape index (κ2) is 5.34. The minimum absolute atomic E-state index is 0.0670. The molecule has 0 aliphatic rings. The van der Waals surface area contributed by atoms with Crippen molar-refractivity contribution < 1.29 is 14.7 Å². The summed E-state index contributed by atoms with van der Waals surface area (Å²) in [4.78, 5) is 22.7. The Bertz CT molecular complexity index is 592. The lowest BCUT2D eigenvalue weighted by Crippen LogP contribution is -2.19. The van der Waals surface area contributed by atoms with Crippen molar-refractivity contribution in [2.75, 3.05) is 5.32 Å². The highest BCUT2D eigenvalue weighted by atomic mass is 16.4. The van der Waals surface area contributed by atoms with Crippen LogP contribution in [0.1, 0.15) is 28.9 Å². The average Bonchev–Trinajstić information content (AvgIpc) is 2.87. The molecule has 0 fully saturated rings. The molecule has 1 unspecified atom stereocenters. The molecule has 98 valence electrons. The van der Waals surface area contributed by atoms with Gasteiger partial charge in [0.05, 0.1) is 5.92 Å². The highest BCUT2D eigenvalue weighted by Crippen LogP contribution is 2.17. The van der Waals surface area contributed by atoms with Crippen molar-refractivity contribution in [3.05, 3.63) is 47.7 Å². The van der Waals surface area contributed by atoms with Gasteiger partial charge in [-0.05, 0) is 12.5 Å². The van der Waals surface area contributed by atoms with E-state index in [1.165, 1.54) is 6.07 Å². The number of amides is 1. The van der Waals surface area contributed by atoms with Crippen molar-refractivity contribution in [1.29, 1.82) is 0 Å². The van der Waals surface area contributed by atoms with Gasteiger partial charge in [-0.25, -0.2) is 4.79 Å².